The lowest BCUT2D eigenvalue weighted by atomic mass is 10.2. The van der Waals surface area contributed by atoms with Crippen LogP contribution in [-0.2, 0) is 4.79 Å². The molecule has 0 bridgehead atoms. The van der Waals surface area contributed by atoms with Crippen LogP contribution >= 0.6 is 0 Å². The largest absolute Gasteiger partial charge is 0.508 e. The zero-order valence-electron chi connectivity index (χ0n) is 11.2. The molecule has 0 spiro atoms. The summed E-state index contributed by atoms with van der Waals surface area (Å²) >= 11 is 0. The van der Waals surface area contributed by atoms with Crippen molar-refractivity contribution in [3.8, 4) is 5.75 Å². The highest BCUT2D eigenvalue weighted by atomic mass is 16.3. The lowest BCUT2D eigenvalue weighted by Gasteiger charge is -2.10. The quantitative estimate of drug-likeness (QED) is 0.859. The molecule has 0 saturated carbocycles. The third-order valence-electron chi connectivity index (χ3n) is 2.99. The molecule has 0 atom stereocenters. The highest BCUT2D eigenvalue weighted by Crippen LogP contribution is 2.20. The fraction of sp³-hybridized carbons (Fsp3) is 0.0625. The number of amides is 1. The first-order valence-corrected chi connectivity index (χ1v) is 6.51. The SMILES string of the molecule is O=C1CC(N=Cc2cccc(O)c2)=NN1c1ccccc1. The van der Waals surface area contributed by atoms with E-state index in [1.54, 1.807) is 24.4 Å². The second-order valence-electron chi connectivity index (χ2n) is 4.59. The van der Waals surface area contributed by atoms with Gasteiger partial charge in [0.25, 0.3) is 5.91 Å². The van der Waals surface area contributed by atoms with Gasteiger partial charge in [-0.05, 0) is 29.8 Å². The fourth-order valence-electron chi connectivity index (χ4n) is 2.01. The zero-order chi connectivity index (χ0) is 14.7. The Morgan fingerprint density at radius 2 is 1.95 bits per heavy atom. The van der Waals surface area contributed by atoms with Gasteiger partial charge < -0.3 is 5.11 Å². The maximum Gasteiger partial charge on any atom is 0.255 e. The Hall–Kier alpha value is -2.95. The van der Waals surface area contributed by atoms with Gasteiger partial charge in [0.1, 0.15) is 5.75 Å². The number of para-hydroxylation sites is 1. The van der Waals surface area contributed by atoms with E-state index in [1.165, 1.54) is 5.01 Å². The molecule has 2 aromatic rings. The summed E-state index contributed by atoms with van der Waals surface area (Å²) in [6.07, 6.45) is 1.75. The molecule has 1 aliphatic heterocycles. The number of phenolic OH excluding ortho intramolecular Hbond substituents is 1. The molecule has 21 heavy (non-hydrogen) atoms. The van der Waals surface area contributed by atoms with Crippen molar-refractivity contribution >= 4 is 23.6 Å². The summed E-state index contributed by atoms with van der Waals surface area (Å²) in [5.74, 6) is 0.519. The van der Waals surface area contributed by atoms with Gasteiger partial charge in [0.2, 0.25) is 0 Å². The molecule has 0 aliphatic carbocycles. The molecule has 0 fully saturated rings. The summed E-state index contributed by atoms with van der Waals surface area (Å²) in [6.45, 7) is 0. The minimum Gasteiger partial charge on any atom is -0.508 e. The predicted octanol–water partition coefficient (Wildman–Crippen LogP) is 2.56. The summed E-state index contributed by atoms with van der Waals surface area (Å²) in [4.78, 5) is 16.2. The maximum absolute atomic E-state index is 11.9. The van der Waals surface area contributed by atoms with Gasteiger partial charge in [0.05, 0.1) is 12.1 Å². The van der Waals surface area contributed by atoms with Crippen LogP contribution in [0.4, 0.5) is 5.69 Å². The van der Waals surface area contributed by atoms with Crippen molar-refractivity contribution in [3.63, 3.8) is 0 Å². The third-order valence-corrected chi connectivity index (χ3v) is 2.99. The Balaban J connectivity index is 1.79. The average Bonchev–Trinajstić information content (AvgIpc) is 2.87. The van der Waals surface area contributed by atoms with Gasteiger partial charge in [-0.2, -0.15) is 5.01 Å². The smallest absolute Gasteiger partial charge is 0.255 e. The molecule has 0 unspecified atom stereocenters. The zero-order valence-corrected chi connectivity index (χ0v) is 11.2. The van der Waals surface area contributed by atoms with Gasteiger partial charge in [-0.1, -0.05) is 30.3 Å². The number of aromatic hydroxyl groups is 1. The summed E-state index contributed by atoms with van der Waals surface area (Å²) in [5.41, 5.74) is 1.48. The number of aliphatic imine (C=N–C) groups is 1. The Kier molecular flexibility index (Phi) is 3.47. The molecular formula is C16H13N3O2. The number of amidine groups is 1. The molecule has 3 rings (SSSR count). The van der Waals surface area contributed by atoms with E-state index in [-0.39, 0.29) is 18.1 Å². The topological polar surface area (TPSA) is 65.3 Å². The van der Waals surface area contributed by atoms with Crippen LogP contribution in [0.2, 0.25) is 0 Å². The molecule has 104 valence electrons. The van der Waals surface area contributed by atoms with Crippen LogP contribution < -0.4 is 5.01 Å². The number of hydrogen-bond donors (Lipinski definition) is 1. The summed E-state index contributed by atoms with van der Waals surface area (Å²) in [5, 5.41) is 15.0. The van der Waals surface area contributed by atoms with Crippen LogP contribution in [0.3, 0.4) is 0 Å². The van der Waals surface area contributed by atoms with Crippen molar-refractivity contribution in [2.75, 3.05) is 5.01 Å². The average molecular weight is 279 g/mol. The number of anilines is 1. The lowest BCUT2D eigenvalue weighted by molar-refractivity contribution is -0.116. The van der Waals surface area contributed by atoms with Crippen LogP contribution in [0.5, 0.6) is 5.75 Å². The van der Waals surface area contributed by atoms with E-state index in [9.17, 15) is 9.90 Å². The van der Waals surface area contributed by atoms with Crippen LogP contribution in [0.1, 0.15) is 12.0 Å². The number of hydrogen-bond acceptors (Lipinski definition) is 4. The summed E-state index contributed by atoms with van der Waals surface area (Å²) in [7, 11) is 0. The van der Waals surface area contributed by atoms with Crippen molar-refractivity contribution < 1.29 is 9.90 Å². The van der Waals surface area contributed by atoms with Crippen LogP contribution in [-0.4, -0.2) is 23.1 Å². The molecule has 5 heteroatoms. The van der Waals surface area contributed by atoms with Gasteiger partial charge in [0, 0.05) is 6.21 Å². The van der Waals surface area contributed by atoms with E-state index in [2.05, 4.69) is 10.1 Å². The monoisotopic (exact) mass is 279 g/mol. The number of benzene rings is 2. The number of carbonyl (C=O) groups is 1. The molecule has 2 aromatic carbocycles. The second-order valence-corrected chi connectivity index (χ2v) is 4.59. The van der Waals surface area contributed by atoms with Crippen molar-refractivity contribution in [3.05, 3.63) is 60.2 Å². The standard InChI is InChI=1S/C16H13N3O2/c20-14-8-4-5-12(9-14)11-17-15-10-16(21)19(18-15)13-6-2-1-3-7-13/h1-9,11,20H,10H2. The molecular weight excluding hydrogens is 266 g/mol. The van der Waals surface area contributed by atoms with Crippen molar-refractivity contribution in [1.82, 2.24) is 0 Å². The van der Waals surface area contributed by atoms with E-state index in [0.717, 1.165) is 11.3 Å². The molecule has 0 radical (unpaired) electrons. The Morgan fingerprint density at radius 1 is 1.14 bits per heavy atom. The van der Waals surface area contributed by atoms with Crippen molar-refractivity contribution in [1.29, 1.82) is 0 Å². The summed E-state index contributed by atoms with van der Waals surface area (Å²) < 4.78 is 0. The molecule has 1 heterocycles. The normalized spacial score (nSPS) is 14.8. The predicted molar refractivity (Wildman–Crippen MR) is 81.7 cm³/mol. The van der Waals surface area contributed by atoms with Gasteiger partial charge in [-0.15, -0.1) is 5.10 Å². The minimum absolute atomic E-state index is 0.107. The van der Waals surface area contributed by atoms with Gasteiger partial charge in [0.15, 0.2) is 5.84 Å². The van der Waals surface area contributed by atoms with E-state index in [1.807, 2.05) is 36.4 Å². The first-order chi connectivity index (χ1) is 10.2. The molecule has 1 aliphatic rings. The summed E-state index contributed by atoms with van der Waals surface area (Å²) in [6, 6.07) is 16.0. The molecule has 0 saturated heterocycles. The Bertz CT molecular complexity index is 723. The highest BCUT2D eigenvalue weighted by molar-refractivity contribution is 6.14. The van der Waals surface area contributed by atoms with Crippen molar-refractivity contribution in [2.45, 2.75) is 6.42 Å². The number of rotatable bonds is 2. The molecule has 1 N–H and O–H groups in total. The van der Waals surface area contributed by atoms with Gasteiger partial charge in [-0.3, -0.25) is 4.79 Å². The number of carbonyl (C=O) groups excluding carboxylic acids is 1. The maximum atomic E-state index is 11.9. The molecule has 5 nitrogen and oxygen atoms in total. The lowest BCUT2D eigenvalue weighted by Crippen LogP contribution is -2.19. The van der Waals surface area contributed by atoms with E-state index in [4.69, 9.17) is 0 Å². The first-order valence-electron chi connectivity index (χ1n) is 6.51. The van der Waals surface area contributed by atoms with Crippen LogP contribution in [0, 0.1) is 0 Å². The van der Waals surface area contributed by atoms with E-state index < -0.39 is 0 Å². The second kappa shape index (κ2) is 5.58. The number of hydrazone groups is 1. The first kappa shape index (κ1) is 13.1. The molecule has 0 aromatic heterocycles. The fourth-order valence-corrected chi connectivity index (χ4v) is 2.01. The highest BCUT2D eigenvalue weighted by Gasteiger charge is 2.24. The number of phenols is 1. The minimum atomic E-state index is -0.107. The van der Waals surface area contributed by atoms with E-state index in [0.29, 0.717) is 5.84 Å². The number of nitrogens with zero attached hydrogens (tertiary/aromatic N) is 3. The third kappa shape index (κ3) is 2.97. The van der Waals surface area contributed by atoms with Crippen LogP contribution in [0.25, 0.3) is 0 Å². The Morgan fingerprint density at radius 3 is 2.71 bits per heavy atom. The Labute approximate surface area is 121 Å². The van der Waals surface area contributed by atoms with Gasteiger partial charge >= 0.3 is 0 Å². The van der Waals surface area contributed by atoms with Crippen LogP contribution in [0.15, 0.2) is 64.7 Å². The molecule has 1 amide bonds. The van der Waals surface area contributed by atoms with Crippen molar-refractivity contribution in [2.24, 2.45) is 10.1 Å². The van der Waals surface area contributed by atoms with Gasteiger partial charge in [-0.25, -0.2) is 4.99 Å². The van der Waals surface area contributed by atoms with E-state index >= 15 is 0 Å².